The molecule has 1 aliphatic rings. The van der Waals surface area contributed by atoms with Gasteiger partial charge >= 0.3 is 0 Å². The molecular weight excluding hydrogens is 428 g/mol. The molecule has 0 aliphatic carbocycles. The van der Waals surface area contributed by atoms with Crippen molar-refractivity contribution in [1.82, 2.24) is 19.0 Å². The van der Waals surface area contributed by atoms with E-state index in [0.29, 0.717) is 11.1 Å². The number of sulfonamides is 1. The summed E-state index contributed by atoms with van der Waals surface area (Å²) < 4.78 is 27.8. The van der Waals surface area contributed by atoms with E-state index in [1.54, 1.807) is 30.0 Å². The fourth-order valence-electron chi connectivity index (χ4n) is 3.75. The molecule has 166 valence electrons. The van der Waals surface area contributed by atoms with Crippen molar-refractivity contribution < 1.29 is 13.2 Å². The number of benzene rings is 2. The van der Waals surface area contributed by atoms with Gasteiger partial charge in [0.2, 0.25) is 15.9 Å². The minimum Gasteiger partial charge on any atom is -0.338 e. The third-order valence-corrected chi connectivity index (χ3v) is 7.09. The smallest absolute Gasteiger partial charge is 0.275 e. The lowest BCUT2D eigenvalue weighted by Gasteiger charge is -2.33. The topological polar surface area (TPSA) is 92.6 Å². The molecule has 4 rings (SSSR count). The van der Waals surface area contributed by atoms with Crippen LogP contribution in [0.3, 0.4) is 0 Å². The average molecular weight is 453 g/mol. The fourth-order valence-corrected chi connectivity index (χ4v) is 4.92. The molecule has 1 aliphatic heterocycles. The predicted molar refractivity (Wildman–Crippen MR) is 123 cm³/mol. The second-order valence-electron chi connectivity index (χ2n) is 7.63. The van der Waals surface area contributed by atoms with E-state index >= 15 is 0 Å². The second-order valence-corrected chi connectivity index (χ2v) is 9.45. The molecule has 1 fully saturated rings. The number of hydrogen-bond acceptors (Lipinski definition) is 5. The molecule has 1 amide bonds. The fraction of sp³-hybridized carbons (Fsp3) is 0.261. The van der Waals surface area contributed by atoms with Crippen LogP contribution in [0, 0.1) is 6.92 Å². The van der Waals surface area contributed by atoms with Crippen LogP contribution in [0.4, 0.5) is 0 Å². The molecule has 0 bridgehead atoms. The zero-order chi connectivity index (χ0) is 22.7. The normalized spacial score (nSPS) is 15.5. The number of carbonyl (C=O) groups excluding carboxylic acids is 1. The third-order valence-electron chi connectivity index (χ3n) is 5.52. The molecule has 0 radical (unpaired) electrons. The summed E-state index contributed by atoms with van der Waals surface area (Å²) in [7, 11) is -3.58. The SMILES string of the molecule is Cc1nn(CC(=O)N2CCN(S(=O)(=O)/C=C/c3ccccc3)CC2)c(=O)c2ccccc12. The molecule has 2 heterocycles. The Bertz CT molecular complexity index is 1330. The van der Waals surface area contributed by atoms with Crippen molar-refractivity contribution in [3.05, 3.63) is 81.6 Å². The number of fused-ring (bicyclic) bond motifs is 1. The maximum Gasteiger partial charge on any atom is 0.275 e. The summed E-state index contributed by atoms with van der Waals surface area (Å²) in [5.41, 5.74) is 1.16. The first-order chi connectivity index (χ1) is 15.3. The van der Waals surface area contributed by atoms with Gasteiger partial charge in [-0.3, -0.25) is 9.59 Å². The van der Waals surface area contributed by atoms with E-state index in [2.05, 4.69) is 5.10 Å². The van der Waals surface area contributed by atoms with E-state index < -0.39 is 10.0 Å². The first-order valence-electron chi connectivity index (χ1n) is 10.3. The van der Waals surface area contributed by atoms with Gasteiger partial charge in [-0.25, -0.2) is 13.1 Å². The van der Waals surface area contributed by atoms with Crippen molar-refractivity contribution in [2.45, 2.75) is 13.5 Å². The Balaban J connectivity index is 1.41. The largest absolute Gasteiger partial charge is 0.338 e. The van der Waals surface area contributed by atoms with Gasteiger partial charge in [-0.05, 0) is 24.6 Å². The molecule has 0 saturated carbocycles. The lowest BCUT2D eigenvalue weighted by Crippen LogP contribution is -2.51. The molecule has 0 spiro atoms. The average Bonchev–Trinajstić information content (AvgIpc) is 2.82. The Morgan fingerprint density at radius 3 is 2.28 bits per heavy atom. The highest BCUT2D eigenvalue weighted by molar-refractivity contribution is 7.92. The number of hydrogen-bond donors (Lipinski definition) is 0. The van der Waals surface area contributed by atoms with Crippen LogP contribution in [-0.4, -0.2) is 59.5 Å². The predicted octanol–water partition coefficient (Wildman–Crippen LogP) is 1.85. The van der Waals surface area contributed by atoms with Crippen molar-refractivity contribution in [3.63, 3.8) is 0 Å². The van der Waals surface area contributed by atoms with Gasteiger partial charge in [0.1, 0.15) is 6.54 Å². The van der Waals surface area contributed by atoms with Crippen LogP contribution in [0.15, 0.2) is 64.8 Å². The second kappa shape index (κ2) is 9.05. The van der Waals surface area contributed by atoms with Crippen LogP contribution >= 0.6 is 0 Å². The van der Waals surface area contributed by atoms with Gasteiger partial charge in [-0.15, -0.1) is 0 Å². The van der Waals surface area contributed by atoms with Crippen molar-refractivity contribution in [2.24, 2.45) is 0 Å². The maximum absolute atomic E-state index is 12.8. The molecule has 9 heteroatoms. The van der Waals surface area contributed by atoms with E-state index in [9.17, 15) is 18.0 Å². The Hall–Kier alpha value is -3.30. The van der Waals surface area contributed by atoms with Gasteiger partial charge < -0.3 is 4.90 Å². The van der Waals surface area contributed by atoms with Gasteiger partial charge in [0.15, 0.2) is 0 Å². The number of amides is 1. The van der Waals surface area contributed by atoms with Crippen molar-refractivity contribution in [2.75, 3.05) is 26.2 Å². The highest BCUT2D eigenvalue weighted by atomic mass is 32.2. The zero-order valence-electron chi connectivity index (χ0n) is 17.7. The number of piperazine rings is 1. The molecule has 0 atom stereocenters. The van der Waals surface area contributed by atoms with Crippen LogP contribution in [0.2, 0.25) is 0 Å². The number of rotatable bonds is 5. The Labute approximate surface area is 186 Å². The molecular formula is C23H24N4O4S. The van der Waals surface area contributed by atoms with Crippen molar-refractivity contribution >= 4 is 32.8 Å². The Kier molecular flexibility index (Phi) is 6.20. The third kappa shape index (κ3) is 4.63. The Morgan fingerprint density at radius 2 is 1.59 bits per heavy atom. The minimum absolute atomic E-state index is 0.175. The summed E-state index contributed by atoms with van der Waals surface area (Å²) in [5.74, 6) is -0.258. The number of aromatic nitrogens is 2. The molecule has 2 aromatic carbocycles. The first-order valence-corrected chi connectivity index (χ1v) is 11.8. The highest BCUT2D eigenvalue weighted by Gasteiger charge is 2.27. The van der Waals surface area contributed by atoms with Gasteiger partial charge in [-0.1, -0.05) is 48.5 Å². The molecule has 8 nitrogen and oxygen atoms in total. The maximum atomic E-state index is 12.8. The standard InChI is InChI=1S/C23H24N4O4S/c1-18-20-9-5-6-10-21(20)23(29)27(24-18)17-22(28)25-12-14-26(15-13-25)32(30,31)16-11-19-7-3-2-4-8-19/h2-11,16H,12-15,17H2,1H3/b16-11+. The minimum atomic E-state index is -3.58. The van der Waals surface area contributed by atoms with Crippen LogP contribution in [0.1, 0.15) is 11.3 Å². The summed E-state index contributed by atoms with van der Waals surface area (Å²) in [4.78, 5) is 27.1. The monoisotopic (exact) mass is 452 g/mol. The van der Waals surface area contributed by atoms with Gasteiger partial charge in [0.05, 0.1) is 11.1 Å². The molecule has 3 aromatic rings. The highest BCUT2D eigenvalue weighted by Crippen LogP contribution is 2.14. The quantitative estimate of drug-likeness (QED) is 0.589. The summed E-state index contributed by atoms with van der Waals surface area (Å²) in [6.45, 7) is 2.55. The lowest BCUT2D eigenvalue weighted by molar-refractivity contribution is -0.133. The summed E-state index contributed by atoms with van der Waals surface area (Å²) in [6, 6.07) is 16.4. The Morgan fingerprint density at radius 1 is 0.969 bits per heavy atom. The van der Waals surface area contributed by atoms with Gasteiger partial charge in [0.25, 0.3) is 5.56 Å². The summed E-state index contributed by atoms with van der Waals surface area (Å²) in [6.07, 6.45) is 1.56. The number of nitrogens with zero attached hydrogens (tertiary/aromatic N) is 4. The van der Waals surface area contributed by atoms with Crippen LogP contribution < -0.4 is 5.56 Å². The van der Waals surface area contributed by atoms with Crippen LogP contribution in [-0.2, 0) is 21.4 Å². The van der Waals surface area contributed by atoms with E-state index in [1.165, 1.54) is 14.4 Å². The van der Waals surface area contributed by atoms with E-state index in [-0.39, 0.29) is 44.2 Å². The van der Waals surface area contributed by atoms with E-state index in [4.69, 9.17) is 0 Å². The summed E-state index contributed by atoms with van der Waals surface area (Å²) >= 11 is 0. The number of aryl methyl sites for hydroxylation is 1. The van der Waals surface area contributed by atoms with Crippen molar-refractivity contribution in [1.29, 1.82) is 0 Å². The summed E-state index contributed by atoms with van der Waals surface area (Å²) in [5, 5.41) is 6.77. The van der Waals surface area contributed by atoms with Gasteiger partial charge in [-0.2, -0.15) is 9.40 Å². The molecule has 0 N–H and O–H groups in total. The van der Waals surface area contributed by atoms with Crippen LogP contribution in [0.25, 0.3) is 16.8 Å². The number of carbonyl (C=O) groups is 1. The van der Waals surface area contributed by atoms with Gasteiger partial charge in [0, 0.05) is 37.0 Å². The lowest BCUT2D eigenvalue weighted by atomic mass is 10.1. The molecule has 1 saturated heterocycles. The zero-order valence-corrected chi connectivity index (χ0v) is 18.5. The van der Waals surface area contributed by atoms with E-state index in [0.717, 1.165) is 10.9 Å². The first kappa shape index (κ1) is 21.9. The molecule has 1 aromatic heterocycles. The molecule has 32 heavy (non-hydrogen) atoms. The molecule has 0 unspecified atom stereocenters. The van der Waals surface area contributed by atoms with Crippen LogP contribution in [0.5, 0.6) is 0 Å². The van der Waals surface area contributed by atoms with Crippen molar-refractivity contribution in [3.8, 4) is 0 Å². The van der Waals surface area contributed by atoms with E-state index in [1.807, 2.05) is 42.5 Å².